The fourth-order valence-electron chi connectivity index (χ4n) is 1.40. The smallest absolute Gasteiger partial charge is 0.372 e. The number of amides is 1. The third kappa shape index (κ3) is 14.3. The molecule has 122 valence electrons. The number of hydrogen-bond donors (Lipinski definition) is 3. The standard InChI is InChI=1S/C8H15NO3.C6H10O3/c1-5(2)4-7(8(11)12)9-6(3)10;1-4(2)3-5(7)6(8)9/h5,7H,4H2,1-3H3,(H,9,10)(H,11,12);4H,3H2,1-2H3,(H,8,9). The average Bonchev–Trinajstić information content (AvgIpc) is 2.26. The van der Waals surface area contributed by atoms with Gasteiger partial charge in [-0.05, 0) is 18.3 Å². The monoisotopic (exact) mass is 303 g/mol. The summed E-state index contributed by atoms with van der Waals surface area (Å²) in [4.78, 5) is 41.4. The molecule has 0 aromatic heterocycles. The Balaban J connectivity index is 0. The molecule has 0 saturated heterocycles. The van der Waals surface area contributed by atoms with Crippen molar-refractivity contribution in [1.29, 1.82) is 0 Å². The first-order valence-corrected chi connectivity index (χ1v) is 6.73. The molecule has 1 atom stereocenters. The summed E-state index contributed by atoms with van der Waals surface area (Å²) in [6.07, 6.45) is 0.601. The molecule has 1 unspecified atom stereocenters. The lowest BCUT2D eigenvalue weighted by Gasteiger charge is -2.14. The van der Waals surface area contributed by atoms with Crippen molar-refractivity contribution >= 4 is 23.6 Å². The number of carboxylic acids is 2. The Morgan fingerprint density at radius 2 is 1.43 bits per heavy atom. The van der Waals surface area contributed by atoms with Crippen LogP contribution in [0.15, 0.2) is 0 Å². The van der Waals surface area contributed by atoms with E-state index in [1.54, 1.807) is 13.8 Å². The molecule has 7 heteroatoms. The summed E-state index contributed by atoms with van der Waals surface area (Å²) in [5.74, 6) is -2.91. The van der Waals surface area contributed by atoms with Gasteiger partial charge in [-0.25, -0.2) is 9.59 Å². The minimum Gasteiger partial charge on any atom is -0.480 e. The van der Waals surface area contributed by atoms with Crippen molar-refractivity contribution < 1.29 is 29.4 Å². The van der Waals surface area contributed by atoms with Gasteiger partial charge in [-0.1, -0.05) is 27.7 Å². The summed E-state index contributed by atoms with van der Waals surface area (Å²) < 4.78 is 0. The zero-order valence-electron chi connectivity index (χ0n) is 13.2. The number of ketones is 1. The maximum Gasteiger partial charge on any atom is 0.372 e. The van der Waals surface area contributed by atoms with Crippen molar-refractivity contribution in [2.45, 2.75) is 53.5 Å². The number of carboxylic acid groups (broad SMARTS) is 2. The Hall–Kier alpha value is -1.92. The van der Waals surface area contributed by atoms with Gasteiger partial charge in [-0.2, -0.15) is 0 Å². The van der Waals surface area contributed by atoms with E-state index in [9.17, 15) is 19.2 Å². The van der Waals surface area contributed by atoms with Gasteiger partial charge in [0.15, 0.2) is 0 Å². The molecule has 0 aliphatic heterocycles. The van der Waals surface area contributed by atoms with Crippen LogP contribution in [0.3, 0.4) is 0 Å². The molecule has 0 aliphatic rings. The van der Waals surface area contributed by atoms with E-state index in [2.05, 4.69) is 5.32 Å². The zero-order valence-corrected chi connectivity index (χ0v) is 13.2. The number of aliphatic carboxylic acids is 2. The van der Waals surface area contributed by atoms with Crippen LogP contribution in [-0.2, 0) is 19.2 Å². The number of carbonyl (C=O) groups is 4. The highest BCUT2D eigenvalue weighted by Crippen LogP contribution is 2.04. The predicted molar refractivity (Wildman–Crippen MR) is 76.8 cm³/mol. The average molecular weight is 303 g/mol. The second-order valence-corrected chi connectivity index (χ2v) is 5.55. The van der Waals surface area contributed by atoms with Gasteiger partial charge in [0.1, 0.15) is 6.04 Å². The largest absolute Gasteiger partial charge is 0.480 e. The van der Waals surface area contributed by atoms with E-state index in [1.807, 2.05) is 13.8 Å². The van der Waals surface area contributed by atoms with Gasteiger partial charge in [-0.15, -0.1) is 0 Å². The summed E-state index contributed by atoms with van der Waals surface area (Å²) >= 11 is 0. The van der Waals surface area contributed by atoms with Gasteiger partial charge in [0.05, 0.1) is 0 Å². The summed E-state index contributed by atoms with van der Waals surface area (Å²) in [6.45, 7) is 8.76. The van der Waals surface area contributed by atoms with Crippen LogP contribution in [0.2, 0.25) is 0 Å². The van der Waals surface area contributed by atoms with E-state index in [-0.39, 0.29) is 24.2 Å². The lowest BCUT2D eigenvalue weighted by atomic mass is 10.0. The molecule has 7 nitrogen and oxygen atoms in total. The molecule has 21 heavy (non-hydrogen) atoms. The fraction of sp³-hybridized carbons (Fsp3) is 0.714. The SMILES string of the molecule is CC(=O)NC(CC(C)C)C(=O)O.CC(C)CC(=O)C(=O)O. The first kappa shape index (κ1) is 21.4. The van der Waals surface area contributed by atoms with Crippen LogP contribution < -0.4 is 5.32 Å². The third-order valence-corrected chi connectivity index (χ3v) is 2.21. The van der Waals surface area contributed by atoms with Gasteiger partial charge in [0, 0.05) is 13.3 Å². The number of rotatable bonds is 7. The van der Waals surface area contributed by atoms with Crippen LogP contribution in [0.1, 0.15) is 47.5 Å². The van der Waals surface area contributed by atoms with Crippen molar-refractivity contribution in [2.75, 3.05) is 0 Å². The number of carbonyl (C=O) groups excluding carboxylic acids is 2. The van der Waals surface area contributed by atoms with Crippen LogP contribution in [0, 0.1) is 11.8 Å². The van der Waals surface area contributed by atoms with E-state index >= 15 is 0 Å². The van der Waals surface area contributed by atoms with E-state index in [4.69, 9.17) is 10.2 Å². The van der Waals surface area contributed by atoms with Gasteiger partial charge >= 0.3 is 11.9 Å². The van der Waals surface area contributed by atoms with Gasteiger partial charge in [-0.3, -0.25) is 9.59 Å². The Kier molecular flexibility index (Phi) is 11.0. The molecular weight excluding hydrogens is 278 g/mol. The Morgan fingerprint density at radius 3 is 1.62 bits per heavy atom. The molecule has 0 aromatic carbocycles. The van der Waals surface area contributed by atoms with E-state index < -0.39 is 23.8 Å². The van der Waals surface area contributed by atoms with E-state index in [0.29, 0.717) is 6.42 Å². The highest BCUT2D eigenvalue weighted by molar-refractivity contribution is 6.32. The van der Waals surface area contributed by atoms with Crippen LogP contribution >= 0.6 is 0 Å². The van der Waals surface area contributed by atoms with Crippen LogP contribution in [0.5, 0.6) is 0 Å². The van der Waals surface area contributed by atoms with Crippen LogP contribution in [-0.4, -0.2) is 39.9 Å². The van der Waals surface area contributed by atoms with Crippen molar-refractivity contribution in [3.63, 3.8) is 0 Å². The molecular formula is C14H25NO6. The Labute approximate surface area is 124 Å². The van der Waals surface area contributed by atoms with Gasteiger partial charge < -0.3 is 15.5 Å². The van der Waals surface area contributed by atoms with Gasteiger partial charge in [0.2, 0.25) is 11.7 Å². The number of nitrogens with one attached hydrogen (secondary N) is 1. The van der Waals surface area contributed by atoms with Crippen molar-refractivity contribution in [1.82, 2.24) is 5.32 Å². The van der Waals surface area contributed by atoms with Crippen molar-refractivity contribution in [2.24, 2.45) is 11.8 Å². The molecule has 0 fully saturated rings. The summed E-state index contributed by atoms with van der Waals surface area (Å²) in [5.41, 5.74) is 0. The normalized spacial score (nSPS) is 11.4. The van der Waals surface area contributed by atoms with Crippen molar-refractivity contribution in [3.05, 3.63) is 0 Å². The molecule has 0 aromatic rings. The summed E-state index contributed by atoms with van der Waals surface area (Å²) in [5, 5.41) is 19.1. The highest BCUT2D eigenvalue weighted by atomic mass is 16.4. The van der Waals surface area contributed by atoms with Crippen LogP contribution in [0.25, 0.3) is 0 Å². The maximum absolute atomic E-state index is 10.6. The van der Waals surface area contributed by atoms with E-state index in [1.165, 1.54) is 6.92 Å². The first-order valence-electron chi connectivity index (χ1n) is 6.73. The Bertz CT molecular complexity index is 376. The lowest BCUT2D eigenvalue weighted by molar-refractivity contribution is -0.149. The molecule has 0 bridgehead atoms. The van der Waals surface area contributed by atoms with Crippen molar-refractivity contribution in [3.8, 4) is 0 Å². The zero-order chi connectivity index (χ0) is 17.2. The maximum atomic E-state index is 10.6. The molecule has 0 rings (SSSR count). The lowest BCUT2D eigenvalue weighted by Crippen LogP contribution is -2.40. The minimum atomic E-state index is -1.33. The van der Waals surface area contributed by atoms with Gasteiger partial charge in [0.25, 0.3) is 0 Å². The Morgan fingerprint density at radius 1 is 0.952 bits per heavy atom. The third-order valence-electron chi connectivity index (χ3n) is 2.21. The summed E-state index contributed by atoms with van der Waals surface area (Å²) in [6, 6.07) is -0.748. The first-order chi connectivity index (χ1) is 9.47. The minimum absolute atomic E-state index is 0.133. The van der Waals surface area contributed by atoms with Crippen LogP contribution in [0.4, 0.5) is 0 Å². The molecule has 0 radical (unpaired) electrons. The predicted octanol–water partition coefficient (Wildman–Crippen LogP) is 1.31. The second kappa shape index (κ2) is 10.8. The molecule has 0 saturated carbocycles. The fourth-order valence-corrected chi connectivity index (χ4v) is 1.40. The van der Waals surface area contributed by atoms with E-state index in [0.717, 1.165) is 0 Å². The summed E-state index contributed by atoms with van der Waals surface area (Å²) in [7, 11) is 0. The number of hydrogen-bond acceptors (Lipinski definition) is 4. The topological polar surface area (TPSA) is 121 Å². The molecule has 0 aliphatic carbocycles. The number of Topliss-reactive ketones (excluding diaryl/α,β-unsaturated/α-hetero) is 1. The molecule has 0 heterocycles. The highest BCUT2D eigenvalue weighted by Gasteiger charge is 2.18. The molecule has 1 amide bonds. The molecule has 3 N–H and O–H groups in total. The quantitative estimate of drug-likeness (QED) is 0.610. The molecule has 0 spiro atoms. The second-order valence-electron chi connectivity index (χ2n) is 5.55.